The van der Waals surface area contributed by atoms with Gasteiger partial charge in [0.15, 0.2) is 0 Å². The number of halogens is 1. The van der Waals surface area contributed by atoms with Crippen LogP contribution in [0, 0.1) is 0 Å². The molecule has 2 rings (SSSR count). The van der Waals surface area contributed by atoms with Gasteiger partial charge in [-0.05, 0) is 40.7 Å². The number of likely N-dealkylation sites (N-methyl/N-ethyl adjacent to an activating group) is 1. The second kappa shape index (κ2) is 5.17. The van der Waals surface area contributed by atoms with Crippen molar-refractivity contribution in [3.8, 4) is 5.75 Å². The molecular weight excluding hydrogens is 268 g/mol. The number of hydrogen-bond acceptors (Lipinski definition) is 3. The molecule has 0 spiro atoms. The zero-order valence-electron chi connectivity index (χ0n) is 9.66. The summed E-state index contributed by atoms with van der Waals surface area (Å²) in [4.78, 5) is 2.38. The van der Waals surface area contributed by atoms with Crippen LogP contribution >= 0.6 is 15.9 Å². The standard InChI is InChI=1S/C12H17BrN2O/c1-15(10-6-14-7-10)8-9-3-4-12(16-2)11(13)5-9/h3-5,10,14H,6-8H2,1-2H3. The Balaban J connectivity index is 2.01. The van der Waals surface area contributed by atoms with Crippen molar-refractivity contribution in [3.63, 3.8) is 0 Å². The van der Waals surface area contributed by atoms with E-state index < -0.39 is 0 Å². The maximum atomic E-state index is 5.21. The molecule has 16 heavy (non-hydrogen) atoms. The van der Waals surface area contributed by atoms with E-state index in [1.807, 2.05) is 6.07 Å². The molecule has 0 amide bonds. The van der Waals surface area contributed by atoms with E-state index in [0.29, 0.717) is 6.04 Å². The van der Waals surface area contributed by atoms with Crippen LogP contribution in [0.5, 0.6) is 5.75 Å². The van der Waals surface area contributed by atoms with Gasteiger partial charge in [0.1, 0.15) is 5.75 Å². The first-order valence-corrected chi connectivity index (χ1v) is 6.23. The summed E-state index contributed by atoms with van der Waals surface area (Å²) in [6.45, 7) is 3.19. The first kappa shape index (κ1) is 11.9. The maximum Gasteiger partial charge on any atom is 0.133 e. The maximum absolute atomic E-state index is 5.21. The lowest BCUT2D eigenvalue weighted by Crippen LogP contribution is -2.55. The van der Waals surface area contributed by atoms with Crippen molar-refractivity contribution < 1.29 is 4.74 Å². The molecule has 1 saturated heterocycles. The van der Waals surface area contributed by atoms with Gasteiger partial charge in [0.25, 0.3) is 0 Å². The van der Waals surface area contributed by atoms with Crippen molar-refractivity contribution in [2.45, 2.75) is 12.6 Å². The Bertz CT molecular complexity index is 366. The first-order valence-electron chi connectivity index (χ1n) is 5.44. The van der Waals surface area contributed by atoms with Crippen LogP contribution in [0.2, 0.25) is 0 Å². The summed E-state index contributed by atoms with van der Waals surface area (Å²) in [5.41, 5.74) is 1.31. The molecule has 1 heterocycles. The number of benzene rings is 1. The average molecular weight is 285 g/mol. The Labute approximate surface area is 105 Å². The molecule has 0 saturated carbocycles. The topological polar surface area (TPSA) is 24.5 Å². The van der Waals surface area contributed by atoms with Gasteiger partial charge in [-0.2, -0.15) is 0 Å². The summed E-state index contributed by atoms with van der Waals surface area (Å²) < 4.78 is 6.24. The van der Waals surface area contributed by atoms with Crippen molar-refractivity contribution in [2.24, 2.45) is 0 Å². The van der Waals surface area contributed by atoms with Crippen molar-refractivity contribution in [3.05, 3.63) is 28.2 Å². The highest BCUT2D eigenvalue weighted by molar-refractivity contribution is 9.10. The second-order valence-electron chi connectivity index (χ2n) is 4.20. The molecule has 4 heteroatoms. The fourth-order valence-electron chi connectivity index (χ4n) is 1.81. The van der Waals surface area contributed by atoms with Crippen molar-refractivity contribution >= 4 is 15.9 Å². The highest BCUT2D eigenvalue weighted by Crippen LogP contribution is 2.26. The largest absolute Gasteiger partial charge is 0.496 e. The summed E-state index contributed by atoms with van der Waals surface area (Å²) >= 11 is 3.51. The zero-order chi connectivity index (χ0) is 11.5. The molecule has 88 valence electrons. The molecule has 0 bridgehead atoms. The number of methoxy groups -OCH3 is 1. The third-order valence-corrected chi connectivity index (χ3v) is 3.65. The number of ether oxygens (including phenoxy) is 1. The average Bonchev–Trinajstić information content (AvgIpc) is 2.15. The minimum atomic E-state index is 0.681. The lowest BCUT2D eigenvalue weighted by atomic mass is 10.1. The Hall–Kier alpha value is -0.580. The molecule has 1 aliphatic rings. The van der Waals surface area contributed by atoms with Gasteiger partial charge < -0.3 is 10.1 Å². The Morgan fingerprint density at radius 1 is 1.50 bits per heavy atom. The van der Waals surface area contributed by atoms with Crippen LogP contribution in [-0.2, 0) is 6.54 Å². The number of nitrogens with one attached hydrogen (secondary N) is 1. The molecule has 1 aromatic carbocycles. The van der Waals surface area contributed by atoms with Gasteiger partial charge in [-0.15, -0.1) is 0 Å². The van der Waals surface area contributed by atoms with Crippen molar-refractivity contribution in [2.75, 3.05) is 27.2 Å². The predicted molar refractivity (Wildman–Crippen MR) is 68.8 cm³/mol. The summed E-state index contributed by atoms with van der Waals surface area (Å²) in [6, 6.07) is 6.93. The Morgan fingerprint density at radius 2 is 2.25 bits per heavy atom. The Kier molecular flexibility index (Phi) is 3.84. The molecule has 1 aliphatic heterocycles. The highest BCUT2D eigenvalue weighted by Gasteiger charge is 2.21. The molecule has 1 N–H and O–H groups in total. The van der Waals surface area contributed by atoms with Gasteiger partial charge in [0, 0.05) is 25.7 Å². The smallest absolute Gasteiger partial charge is 0.133 e. The molecular formula is C12H17BrN2O. The van der Waals surface area contributed by atoms with Gasteiger partial charge in [0.05, 0.1) is 11.6 Å². The van der Waals surface area contributed by atoms with Gasteiger partial charge in [0.2, 0.25) is 0 Å². The quantitative estimate of drug-likeness (QED) is 0.914. The van der Waals surface area contributed by atoms with Crippen LogP contribution in [0.1, 0.15) is 5.56 Å². The summed E-state index contributed by atoms with van der Waals surface area (Å²) in [7, 11) is 3.86. The molecule has 1 aromatic rings. The minimum Gasteiger partial charge on any atom is -0.496 e. The fraction of sp³-hybridized carbons (Fsp3) is 0.500. The van der Waals surface area contributed by atoms with Crippen LogP contribution in [0.25, 0.3) is 0 Å². The van der Waals surface area contributed by atoms with Crippen LogP contribution in [0.15, 0.2) is 22.7 Å². The van der Waals surface area contributed by atoms with E-state index in [1.165, 1.54) is 5.56 Å². The van der Waals surface area contributed by atoms with Gasteiger partial charge in [-0.25, -0.2) is 0 Å². The monoisotopic (exact) mass is 284 g/mol. The van der Waals surface area contributed by atoms with Gasteiger partial charge >= 0.3 is 0 Å². The molecule has 0 unspecified atom stereocenters. The second-order valence-corrected chi connectivity index (χ2v) is 5.05. The molecule has 3 nitrogen and oxygen atoms in total. The van der Waals surface area contributed by atoms with E-state index in [2.05, 4.69) is 45.3 Å². The normalized spacial score (nSPS) is 16.2. The highest BCUT2D eigenvalue weighted by atomic mass is 79.9. The van der Waals surface area contributed by atoms with Crippen molar-refractivity contribution in [1.82, 2.24) is 10.2 Å². The minimum absolute atomic E-state index is 0.681. The fourth-order valence-corrected chi connectivity index (χ4v) is 2.40. The van der Waals surface area contributed by atoms with E-state index in [1.54, 1.807) is 7.11 Å². The van der Waals surface area contributed by atoms with Gasteiger partial charge in [-0.1, -0.05) is 6.07 Å². The summed E-state index contributed by atoms with van der Waals surface area (Å²) in [5.74, 6) is 0.886. The molecule has 0 radical (unpaired) electrons. The van der Waals surface area contributed by atoms with E-state index in [4.69, 9.17) is 4.74 Å². The van der Waals surface area contributed by atoms with Crippen LogP contribution in [0.3, 0.4) is 0 Å². The third kappa shape index (κ3) is 2.56. The predicted octanol–water partition coefficient (Wildman–Crippen LogP) is 1.86. The summed E-state index contributed by atoms with van der Waals surface area (Å²) in [5, 5.41) is 3.29. The van der Waals surface area contributed by atoms with Gasteiger partial charge in [-0.3, -0.25) is 4.90 Å². The lowest BCUT2D eigenvalue weighted by Gasteiger charge is -2.35. The number of hydrogen-bond donors (Lipinski definition) is 1. The van der Waals surface area contributed by atoms with E-state index >= 15 is 0 Å². The molecule has 0 aromatic heterocycles. The Morgan fingerprint density at radius 3 is 2.75 bits per heavy atom. The van der Waals surface area contributed by atoms with E-state index in [9.17, 15) is 0 Å². The lowest BCUT2D eigenvalue weighted by molar-refractivity contribution is 0.173. The molecule has 0 aliphatic carbocycles. The number of rotatable bonds is 4. The zero-order valence-corrected chi connectivity index (χ0v) is 11.3. The molecule has 0 atom stereocenters. The third-order valence-electron chi connectivity index (χ3n) is 3.03. The molecule has 1 fully saturated rings. The van der Waals surface area contributed by atoms with Crippen molar-refractivity contribution in [1.29, 1.82) is 0 Å². The van der Waals surface area contributed by atoms with Crippen LogP contribution in [0.4, 0.5) is 0 Å². The SMILES string of the molecule is COc1ccc(CN(C)C2CNC2)cc1Br. The van der Waals surface area contributed by atoms with Crippen LogP contribution < -0.4 is 10.1 Å². The van der Waals surface area contributed by atoms with Crippen LogP contribution in [-0.4, -0.2) is 38.2 Å². The summed E-state index contributed by atoms with van der Waals surface area (Å²) in [6.07, 6.45) is 0. The van der Waals surface area contributed by atoms with E-state index in [-0.39, 0.29) is 0 Å². The van der Waals surface area contributed by atoms with E-state index in [0.717, 1.165) is 29.9 Å². The number of nitrogens with zero attached hydrogens (tertiary/aromatic N) is 1. The first-order chi connectivity index (χ1) is 7.70.